The Kier molecular flexibility index (Phi) is 7.66. The van der Waals surface area contributed by atoms with E-state index >= 15 is 0 Å². The van der Waals surface area contributed by atoms with Crippen LogP contribution in [0.25, 0.3) is 0 Å². The molecular weight excluding hydrogens is 530 g/mol. The van der Waals surface area contributed by atoms with Gasteiger partial charge in [-0.25, -0.2) is 4.39 Å². The summed E-state index contributed by atoms with van der Waals surface area (Å²) in [5.41, 5.74) is 4.57. The van der Waals surface area contributed by atoms with Gasteiger partial charge in [0.05, 0.1) is 40.2 Å². The van der Waals surface area contributed by atoms with Gasteiger partial charge in [0, 0.05) is 22.3 Å². The topological polar surface area (TPSA) is 59.7 Å². The van der Waals surface area contributed by atoms with Crippen molar-refractivity contribution in [3.05, 3.63) is 91.6 Å². The monoisotopic (exact) mass is 550 g/mol. The summed E-state index contributed by atoms with van der Waals surface area (Å²) >= 11 is 23.8. The van der Waals surface area contributed by atoms with Gasteiger partial charge in [0.15, 0.2) is 10.9 Å². The fraction of sp³-hybridized carbons (Fsp3) is 0.208. The van der Waals surface area contributed by atoms with E-state index in [1.807, 2.05) is 43.7 Å². The van der Waals surface area contributed by atoms with Crippen molar-refractivity contribution in [3.63, 3.8) is 0 Å². The van der Waals surface area contributed by atoms with E-state index in [2.05, 4.69) is 20.8 Å². The fourth-order valence-corrected chi connectivity index (χ4v) is 4.42. The van der Waals surface area contributed by atoms with Crippen LogP contribution in [0.4, 0.5) is 15.9 Å². The number of thiocarbonyl (C=S) groups is 1. The van der Waals surface area contributed by atoms with Crippen LogP contribution in [0, 0.1) is 26.6 Å². The van der Waals surface area contributed by atoms with Crippen LogP contribution < -0.4 is 10.6 Å². The van der Waals surface area contributed by atoms with Crippen molar-refractivity contribution in [2.45, 2.75) is 33.9 Å². The molecule has 0 bridgehead atoms. The van der Waals surface area contributed by atoms with Crippen LogP contribution in [0.1, 0.15) is 28.2 Å². The second-order valence-corrected chi connectivity index (χ2v) is 9.69. The number of aryl methyl sites for hydroxylation is 2. The molecule has 35 heavy (non-hydrogen) atoms. The molecule has 4 aromatic rings. The average molecular weight is 552 g/mol. The van der Waals surface area contributed by atoms with Crippen LogP contribution in [-0.2, 0) is 13.1 Å². The average Bonchev–Trinajstić information content (AvgIpc) is 3.26. The second-order valence-electron chi connectivity index (χ2n) is 8.06. The van der Waals surface area contributed by atoms with Gasteiger partial charge in [-0.1, -0.05) is 46.9 Å². The summed E-state index contributed by atoms with van der Waals surface area (Å²) in [5.74, 6) is 0.226. The van der Waals surface area contributed by atoms with Crippen LogP contribution in [0.2, 0.25) is 15.1 Å². The Morgan fingerprint density at radius 3 is 2.40 bits per heavy atom. The Balaban J connectivity index is 1.45. The minimum Gasteiger partial charge on any atom is -0.329 e. The van der Waals surface area contributed by atoms with Crippen LogP contribution in [0.3, 0.4) is 0 Å². The smallest absolute Gasteiger partial charge is 0.176 e. The van der Waals surface area contributed by atoms with Crippen molar-refractivity contribution in [1.82, 2.24) is 19.6 Å². The highest BCUT2D eigenvalue weighted by atomic mass is 35.5. The summed E-state index contributed by atoms with van der Waals surface area (Å²) in [7, 11) is 0. The van der Waals surface area contributed by atoms with Gasteiger partial charge in [0.25, 0.3) is 0 Å². The predicted molar refractivity (Wildman–Crippen MR) is 145 cm³/mol. The minimum absolute atomic E-state index is 0.207. The molecule has 0 aliphatic carbocycles. The molecule has 0 aliphatic rings. The van der Waals surface area contributed by atoms with Crippen molar-refractivity contribution in [3.8, 4) is 0 Å². The predicted octanol–water partition coefficient (Wildman–Crippen LogP) is 7.01. The molecule has 0 spiro atoms. The summed E-state index contributed by atoms with van der Waals surface area (Å²) in [6.45, 7) is 6.44. The maximum atomic E-state index is 14.2. The van der Waals surface area contributed by atoms with Gasteiger partial charge in [-0.15, -0.1) is 0 Å². The first kappa shape index (κ1) is 25.4. The van der Waals surface area contributed by atoms with Gasteiger partial charge in [0.2, 0.25) is 0 Å². The maximum Gasteiger partial charge on any atom is 0.176 e. The molecule has 0 aliphatic heterocycles. The lowest BCUT2D eigenvalue weighted by Gasteiger charge is -2.11. The van der Waals surface area contributed by atoms with Crippen LogP contribution in [0.15, 0.2) is 42.5 Å². The Bertz CT molecular complexity index is 1390. The van der Waals surface area contributed by atoms with E-state index in [-0.39, 0.29) is 12.4 Å². The van der Waals surface area contributed by atoms with Crippen molar-refractivity contribution >= 4 is 63.6 Å². The third kappa shape index (κ3) is 5.78. The molecule has 0 saturated carbocycles. The zero-order chi connectivity index (χ0) is 25.3. The Hall–Kier alpha value is -2.65. The molecule has 0 atom stereocenters. The van der Waals surface area contributed by atoms with Gasteiger partial charge in [-0.05, 0) is 62.8 Å². The molecule has 0 fully saturated rings. The van der Waals surface area contributed by atoms with E-state index in [9.17, 15) is 4.39 Å². The van der Waals surface area contributed by atoms with E-state index in [1.165, 1.54) is 6.07 Å². The van der Waals surface area contributed by atoms with E-state index in [4.69, 9.17) is 47.0 Å². The first-order chi connectivity index (χ1) is 16.6. The fourth-order valence-electron chi connectivity index (χ4n) is 3.67. The molecule has 2 heterocycles. The molecule has 0 amide bonds. The van der Waals surface area contributed by atoms with Crippen molar-refractivity contribution in [2.24, 2.45) is 0 Å². The normalized spacial score (nSPS) is 11.1. The quantitative estimate of drug-likeness (QED) is 0.252. The van der Waals surface area contributed by atoms with Crippen molar-refractivity contribution < 1.29 is 4.39 Å². The first-order valence-electron chi connectivity index (χ1n) is 10.7. The van der Waals surface area contributed by atoms with Gasteiger partial charge in [0.1, 0.15) is 5.82 Å². The number of benzene rings is 2. The third-order valence-electron chi connectivity index (χ3n) is 5.53. The number of hydrogen-bond donors (Lipinski definition) is 2. The van der Waals surface area contributed by atoms with Gasteiger partial charge in [-0.2, -0.15) is 10.2 Å². The van der Waals surface area contributed by atoms with E-state index in [1.54, 1.807) is 22.9 Å². The maximum absolute atomic E-state index is 14.2. The van der Waals surface area contributed by atoms with E-state index in [0.717, 1.165) is 28.3 Å². The summed E-state index contributed by atoms with van der Waals surface area (Å²) in [4.78, 5) is 0. The molecule has 11 heteroatoms. The molecule has 0 unspecified atom stereocenters. The van der Waals surface area contributed by atoms with Gasteiger partial charge in [-0.3, -0.25) is 9.36 Å². The van der Waals surface area contributed by atoms with Crippen LogP contribution in [-0.4, -0.2) is 24.7 Å². The summed E-state index contributed by atoms with van der Waals surface area (Å²) in [5, 5.41) is 17.1. The Morgan fingerprint density at radius 1 is 0.914 bits per heavy atom. The number of halogens is 4. The molecule has 2 aromatic heterocycles. The number of aromatic nitrogens is 4. The molecule has 2 N–H and O–H groups in total. The zero-order valence-electron chi connectivity index (χ0n) is 19.2. The number of nitrogens with one attached hydrogen (secondary N) is 2. The molecule has 2 aromatic carbocycles. The number of nitrogens with zero attached hydrogens (tertiary/aromatic N) is 4. The van der Waals surface area contributed by atoms with E-state index < -0.39 is 0 Å². The SMILES string of the molecule is Cc1nn(Cc2c(F)cccc2Cl)c(C)c1NC(=S)Nc1cc(C)n(Cc2ccc(Cl)c(Cl)c2)n1. The standard InChI is InChI=1S/C24H22Cl3FN6S/c1-13-9-22(32-33(13)11-16-7-8-19(26)20(27)10-16)29-24(35)30-23-14(2)31-34(15(23)3)12-17-18(25)5-4-6-21(17)28/h4-10H,11-12H2,1-3H3,(H2,29,30,32,35). The highest BCUT2D eigenvalue weighted by Gasteiger charge is 2.16. The highest BCUT2D eigenvalue weighted by molar-refractivity contribution is 7.80. The minimum atomic E-state index is -0.372. The molecule has 0 saturated heterocycles. The Morgan fingerprint density at radius 2 is 1.69 bits per heavy atom. The lowest BCUT2D eigenvalue weighted by atomic mass is 10.2. The highest BCUT2D eigenvalue weighted by Crippen LogP contribution is 2.25. The number of anilines is 2. The summed E-state index contributed by atoms with van der Waals surface area (Å²) in [6.07, 6.45) is 0. The second kappa shape index (κ2) is 10.5. The van der Waals surface area contributed by atoms with Crippen LogP contribution >= 0.6 is 47.0 Å². The first-order valence-corrected chi connectivity index (χ1v) is 12.2. The lowest BCUT2D eigenvalue weighted by Crippen LogP contribution is -2.20. The summed E-state index contributed by atoms with van der Waals surface area (Å²) < 4.78 is 17.8. The summed E-state index contributed by atoms with van der Waals surface area (Å²) in [6, 6.07) is 12.0. The third-order valence-corrected chi connectivity index (χ3v) is 6.83. The Labute approximate surface area is 223 Å². The van der Waals surface area contributed by atoms with Crippen molar-refractivity contribution in [2.75, 3.05) is 10.6 Å². The largest absolute Gasteiger partial charge is 0.329 e. The van der Waals surface area contributed by atoms with Gasteiger partial charge < -0.3 is 10.6 Å². The number of rotatable bonds is 6. The van der Waals surface area contributed by atoms with E-state index in [0.29, 0.717) is 38.1 Å². The number of hydrogen-bond acceptors (Lipinski definition) is 3. The molecule has 182 valence electrons. The van der Waals surface area contributed by atoms with Crippen molar-refractivity contribution in [1.29, 1.82) is 0 Å². The molecular formula is C24H22Cl3FN6S. The molecule has 0 radical (unpaired) electrons. The lowest BCUT2D eigenvalue weighted by molar-refractivity contribution is 0.579. The van der Waals surface area contributed by atoms with Gasteiger partial charge >= 0.3 is 0 Å². The van der Waals surface area contributed by atoms with Crippen LogP contribution in [0.5, 0.6) is 0 Å². The molecule has 6 nitrogen and oxygen atoms in total. The zero-order valence-corrected chi connectivity index (χ0v) is 22.2. The molecule has 4 rings (SSSR count).